The van der Waals surface area contributed by atoms with Gasteiger partial charge in [-0.3, -0.25) is 0 Å². The van der Waals surface area contributed by atoms with Crippen molar-refractivity contribution >= 4 is 18.3 Å². The van der Waals surface area contributed by atoms with Crippen LogP contribution in [0.1, 0.15) is 12.0 Å². The number of aryl methyl sites for hydroxylation is 1. The molecule has 0 aromatic heterocycles. The normalized spacial score (nSPS) is 10.0. The minimum atomic E-state index is 0.677. The van der Waals surface area contributed by atoms with E-state index >= 15 is 0 Å². The lowest BCUT2D eigenvalue weighted by Crippen LogP contribution is -2.00. The summed E-state index contributed by atoms with van der Waals surface area (Å²) in [5, 5.41) is 0. The van der Waals surface area contributed by atoms with Gasteiger partial charge in [0.15, 0.2) is 0 Å². The summed E-state index contributed by atoms with van der Waals surface area (Å²) in [5.41, 5.74) is 7.62. The standard InChI is InChI=1S/C10H15NOS/c1-8-3-4-10(9(11)7-8)12-5-2-6-13/h3-4,7,13H,2,5-6,11H2,1H3. The zero-order chi connectivity index (χ0) is 9.68. The number of benzene rings is 1. The fourth-order valence-corrected chi connectivity index (χ4v) is 1.18. The molecule has 72 valence electrons. The number of nitrogens with two attached hydrogens (primary N) is 1. The highest BCUT2D eigenvalue weighted by Crippen LogP contribution is 2.21. The summed E-state index contributed by atoms with van der Waals surface area (Å²) in [5.74, 6) is 1.61. The molecule has 0 heterocycles. The second kappa shape index (κ2) is 5.02. The van der Waals surface area contributed by atoms with E-state index in [1.54, 1.807) is 0 Å². The van der Waals surface area contributed by atoms with Gasteiger partial charge in [-0.25, -0.2) is 0 Å². The maximum atomic E-state index is 5.76. The van der Waals surface area contributed by atoms with Crippen LogP contribution in [0.15, 0.2) is 18.2 Å². The van der Waals surface area contributed by atoms with Crippen molar-refractivity contribution in [3.63, 3.8) is 0 Å². The Labute approximate surface area is 84.5 Å². The molecule has 0 bridgehead atoms. The molecule has 1 rings (SSSR count). The molecule has 0 aliphatic carbocycles. The summed E-state index contributed by atoms with van der Waals surface area (Å²) in [6.07, 6.45) is 0.941. The predicted octanol–water partition coefficient (Wildman–Crippen LogP) is 2.28. The predicted molar refractivity (Wildman–Crippen MR) is 59.6 cm³/mol. The van der Waals surface area contributed by atoms with E-state index < -0.39 is 0 Å². The van der Waals surface area contributed by atoms with Gasteiger partial charge in [-0.1, -0.05) is 6.07 Å². The molecule has 2 nitrogen and oxygen atoms in total. The molecule has 1 aromatic carbocycles. The quantitative estimate of drug-likeness (QED) is 0.441. The molecular formula is C10H15NOS. The topological polar surface area (TPSA) is 35.2 Å². The fraction of sp³-hybridized carbons (Fsp3) is 0.400. The molecule has 0 saturated heterocycles. The molecular weight excluding hydrogens is 182 g/mol. The Morgan fingerprint density at radius 3 is 2.85 bits per heavy atom. The Balaban J connectivity index is 2.56. The Bertz CT molecular complexity index is 276. The third-order valence-electron chi connectivity index (χ3n) is 1.73. The minimum absolute atomic E-state index is 0.677. The Morgan fingerprint density at radius 2 is 2.23 bits per heavy atom. The second-order valence-corrected chi connectivity index (χ2v) is 3.41. The molecule has 1 aromatic rings. The van der Waals surface area contributed by atoms with Gasteiger partial charge >= 0.3 is 0 Å². The number of anilines is 1. The number of thiol groups is 1. The first-order valence-electron chi connectivity index (χ1n) is 4.34. The zero-order valence-electron chi connectivity index (χ0n) is 7.79. The summed E-state index contributed by atoms with van der Waals surface area (Å²) in [6.45, 7) is 2.69. The number of hydrogen-bond donors (Lipinski definition) is 2. The fourth-order valence-electron chi connectivity index (χ4n) is 1.05. The van der Waals surface area contributed by atoms with Crippen molar-refractivity contribution < 1.29 is 4.74 Å². The molecule has 0 unspecified atom stereocenters. The molecule has 13 heavy (non-hydrogen) atoms. The van der Waals surface area contributed by atoms with Gasteiger partial charge in [0.2, 0.25) is 0 Å². The van der Waals surface area contributed by atoms with E-state index in [9.17, 15) is 0 Å². The third kappa shape index (κ3) is 3.19. The minimum Gasteiger partial charge on any atom is -0.491 e. The van der Waals surface area contributed by atoms with Crippen LogP contribution in [0.3, 0.4) is 0 Å². The second-order valence-electron chi connectivity index (χ2n) is 2.97. The number of nitrogen functional groups attached to an aromatic ring is 1. The molecule has 0 amide bonds. The SMILES string of the molecule is Cc1ccc(OCCCS)c(N)c1. The van der Waals surface area contributed by atoms with Crippen LogP contribution in [0.4, 0.5) is 5.69 Å². The highest BCUT2D eigenvalue weighted by atomic mass is 32.1. The van der Waals surface area contributed by atoms with Crippen LogP contribution in [0.5, 0.6) is 5.75 Å². The summed E-state index contributed by atoms with van der Waals surface area (Å²) in [4.78, 5) is 0. The van der Waals surface area contributed by atoms with Crippen LogP contribution in [-0.4, -0.2) is 12.4 Å². The molecule has 0 spiro atoms. The highest BCUT2D eigenvalue weighted by Gasteiger charge is 1.98. The van der Waals surface area contributed by atoms with Gasteiger partial charge in [-0.2, -0.15) is 12.6 Å². The third-order valence-corrected chi connectivity index (χ3v) is 2.04. The summed E-state index contributed by atoms with van der Waals surface area (Å²) < 4.78 is 5.46. The molecule has 0 aliphatic rings. The lowest BCUT2D eigenvalue weighted by molar-refractivity contribution is 0.320. The first kappa shape index (κ1) is 10.3. The Morgan fingerprint density at radius 1 is 1.46 bits per heavy atom. The lowest BCUT2D eigenvalue weighted by atomic mass is 10.2. The highest BCUT2D eigenvalue weighted by molar-refractivity contribution is 7.80. The van der Waals surface area contributed by atoms with Crippen LogP contribution in [0.25, 0.3) is 0 Å². The molecule has 0 atom stereocenters. The molecule has 0 fully saturated rings. The molecule has 0 saturated carbocycles. The van der Waals surface area contributed by atoms with Crippen molar-refractivity contribution in [1.82, 2.24) is 0 Å². The van der Waals surface area contributed by atoms with Crippen LogP contribution < -0.4 is 10.5 Å². The van der Waals surface area contributed by atoms with Crippen molar-refractivity contribution in [2.24, 2.45) is 0 Å². The van der Waals surface area contributed by atoms with Crippen molar-refractivity contribution in [1.29, 1.82) is 0 Å². The Kier molecular flexibility index (Phi) is 3.96. The van der Waals surface area contributed by atoms with E-state index in [0.717, 1.165) is 23.5 Å². The summed E-state index contributed by atoms with van der Waals surface area (Å²) in [7, 11) is 0. The zero-order valence-corrected chi connectivity index (χ0v) is 8.68. The summed E-state index contributed by atoms with van der Waals surface area (Å²) in [6, 6.07) is 5.81. The maximum Gasteiger partial charge on any atom is 0.142 e. The van der Waals surface area contributed by atoms with Crippen LogP contribution in [0, 0.1) is 6.92 Å². The van der Waals surface area contributed by atoms with Gasteiger partial charge in [0.05, 0.1) is 12.3 Å². The number of rotatable bonds is 4. The van der Waals surface area contributed by atoms with E-state index in [1.165, 1.54) is 0 Å². The maximum absolute atomic E-state index is 5.76. The van der Waals surface area contributed by atoms with Gasteiger partial charge in [0, 0.05) is 0 Å². The number of hydrogen-bond acceptors (Lipinski definition) is 3. The van der Waals surface area contributed by atoms with E-state index in [0.29, 0.717) is 12.3 Å². The first-order valence-corrected chi connectivity index (χ1v) is 4.97. The average molecular weight is 197 g/mol. The largest absolute Gasteiger partial charge is 0.491 e. The van der Waals surface area contributed by atoms with E-state index in [4.69, 9.17) is 10.5 Å². The first-order chi connectivity index (χ1) is 6.24. The van der Waals surface area contributed by atoms with E-state index in [2.05, 4.69) is 12.6 Å². The van der Waals surface area contributed by atoms with Gasteiger partial charge in [-0.05, 0) is 36.8 Å². The van der Waals surface area contributed by atoms with Crippen molar-refractivity contribution in [2.45, 2.75) is 13.3 Å². The lowest BCUT2D eigenvalue weighted by Gasteiger charge is -2.08. The summed E-state index contributed by atoms with van der Waals surface area (Å²) >= 11 is 4.10. The van der Waals surface area contributed by atoms with Gasteiger partial charge < -0.3 is 10.5 Å². The molecule has 0 radical (unpaired) electrons. The van der Waals surface area contributed by atoms with E-state index in [-0.39, 0.29) is 0 Å². The van der Waals surface area contributed by atoms with Gasteiger partial charge in [0.25, 0.3) is 0 Å². The molecule has 0 aliphatic heterocycles. The van der Waals surface area contributed by atoms with E-state index in [1.807, 2.05) is 25.1 Å². The molecule has 2 N–H and O–H groups in total. The smallest absolute Gasteiger partial charge is 0.142 e. The monoisotopic (exact) mass is 197 g/mol. The van der Waals surface area contributed by atoms with Crippen LogP contribution in [0.2, 0.25) is 0 Å². The average Bonchev–Trinajstić information content (AvgIpc) is 2.09. The Hall–Kier alpha value is -0.830. The van der Waals surface area contributed by atoms with Crippen molar-refractivity contribution in [2.75, 3.05) is 18.1 Å². The van der Waals surface area contributed by atoms with Crippen molar-refractivity contribution in [3.05, 3.63) is 23.8 Å². The van der Waals surface area contributed by atoms with Crippen molar-refractivity contribution in [3.8, 4) is 5.75 Å². The molecule has 3 heteroatoms. The number of ether oxygens (including phenoxy) is 1. The van der Waals surface area contributed by atoms with Gasteiger partial charge in [0.1, 0.15) is 5.75 Å². The van der Waals surface area contributed by atoms with Crippen LogP contribution in [-0.2, 0) is 0 Å². The van der Waals surface area contributed by atoms with Crippen LogP contribution >= 0.6 is 12.6 Å². The van der Waals surface area contributed by atoms with Gasteiger partial charge in [-0.15, -0.1) is 0 Å².